The highest BCUT2D eigenvalue weighted by Gasteiger charge is 2.22. The highest BCUT2D eigenvalue weighted by molar-refractivity contribution is 7.90. The lowest BCUT2D eigenvalue weighted by molar-refractivity contribution is 0.504. The summed E-state index contributed by atoms with van der Waals surface area (Å²) in [5.74, 6) is -3.07. The molecule has 132 valence electrons. The molecule has 0 saturated carbocycles. The van der Waals surface area contributed by atoms with Crippen molar-refractivity contribution in [1.29, 1.82) is 5.26 Å². The van der Waals surface area contributed by atoms with Gasteiger partial charge in [-0.2, -0.15) is 5.26 Å². The summed E-state index contributed by atoms with van der Waals surface area (Å²) in [6.07, 6.45) is 1.69. The summed E-state index contributed by atoms with van der Waals surface area (Å²) in [4.78, 5) is 11.2. The molecule has 0 spiro atoms. The van der Waals surface area contributed by atoms with E-state index in [0.717, 1.165) is 17.1 Å². The number of nitriles is 1. The van der Waals surface area contributed by atoms with Gasteiger partial charge in [0.2, 0.25) is 0 Å². The molecule has 3 aromatic rings. The molecule has 2 aromatic carbocycles. The minimum absolute atomic E-state index is 0.124. The summed E-state index contributed by atoms with van der Waals surface area (Å²) < 4.78 is 57.4. The summed E-state index contributed by atoms with van der Waals surface area (Å²) in [7, 11) is -3.96. The Kier molecular flexibility index (Phi) is 4.21. The first kappa shape index (κ1) is 17.6. The van der Waals surface area contributed by atoms with Gasteiger partial charge in [0.25, 0.3) is 0 Å². The van der Waals surface area contributed by atoms with Gasteiger partial charge in [-0.15, -0.1) is 0 Å². The number of benzene rings is 2. The van der Waals surface area contributed by atoms with Crippen molar-refractivity contribution < 1.29 is 21.6 Å². The first-order valence-corrected chi connectivity index (χ1v) is 9.02. The second-order valence-electron chi connectivity index (χ2n) is 5.42. The van der Waals surface area contributed by atoms with Crippen LogP contribution in [0.1, 0.15) is 5.56 Å². The number of sulfone groups is 1. The molecule has 9 heteroatoms. The Labute approximate surface area is 146 Å². The van der Waals surface area contributed by atoms with Gasteiger partial charge < -0.3 is 4.42 Å². The van der Waals surface area contributed by atoms with E-state index in [9.17, 15) is 22.0 Å². The fraction of sp³-hybridized carbons (Fsp3) is 0.0588. The molecule has 1 aromatic heterocycles. The second-order valence-corrected chi connectivity index (χ2v) is 7.40. The van der Waals surface area contributed by atoms with Gasteiger partial charge in [0.05, 0.1) is 23.0 Å². The third-order valence-electron chi connectivity index (χ3n) is 3.63. The Morgan fingerprint density at radius 2 is 1.88 bits per heavy atom. The fourth-order valence-electron chi connectivity index (χ4n) is 2.46. The Hall–Kier alpha value is -3.25. The third kappa shape index (κ3) is 3.02. The van der Waals surface area contributed by atoms with E-state index in [0.29, 0.717) is 12.1 Å². The van der Waals surface area contributed by atoms with Crippen LogP contribution < -0.4 is 5.76 Å². The quantitative estimate of drug-likeness (QED) is 0.701. The van der Waals surface area contributed by atoms with Crippen molar-refractivity contribution in [3.05, 3.63) is 70.4 Å². The van der Waals surface area contributed by atoms with Crippen LogP contribution in [-0.4, -0.2) is 19.2 Å². The molecular weight excluding hydrogens is 366 g/mol. The molecule has 0 bridgehead atoms. The molecule has 3 rings (SSSR count). The maximum atomic E-state index is 14.5. The molecule has 1 heterocycles. The molecular formula is C17H10F2N2O4S. The topological polar surface area (TPSA) is 93.1 Å². The number of hydrogen-bond acceptors (Lipinski definition) is 5. The predicted molar refractivity (Wildman–Crippen MR) is 87.5 cm³/mol. The standard InChI is InChI=1S/C17H10F2N2O4S/c1-26(23,24)16-7-13(18)12(6-14(16)19)15-9-25-17(22)21(15)11-4-2-3-10(5-11)8-20/h2-7,9H,1H3. The smallest absolute Gasteiger partial charge is 0.415 e. The van der Waals surface area contributed by atoms with Crippen LogP contribution >= 0.6 is 0 Å². The lowest BCUT2D eigenvalue weighted by Crippen LogP contribution is -2.14. The van der Waals surface area contributed by atoms with Crippen molar-refractivity contribution >= 4 is 9.84 Å². The minimum atomic E-state index is -3.96. The summed E-state index contributed by atoms with van der Waals surface area (Å²) in [5.41, 5.74) is -0.0184. The molecule has 0 aliphatic heterocycles. The Morgan fingerprint density at radius 3 is 2.54 bits per heavy atom. The van der Waals surface area contributed by atoms with Gasteiger partial charge in [-0.1, -0.05) is 6.07 Å². The highest BCUT2D eigenvalue weighted by atomic mass is 32.2. The minimum Gasteiger partial charge on any atom is -0.415 e. The first-order chi connectivity index (χ1) is 12.2. The molecule has 0 unspecified atom stereocenters. The zero-order chi connectivity index (χ0) is 19.1. The number of halogens is 2. The van der Waals surface area contributed by atoms with E-state index in [2.05, 4.69) is 0 Å². The Bertz CT molecular complexity index is 1220. The number of aromatic nitrogens is 1. The van der Waals surface area contributed by atoms with Crippen molar-refractivity contribution in [2.45, 2.75) is 4.90 Å². The van der Waals surface area contributed by atoms with Crippen molar-refractivity contribution in [2.24, 2.45) is 0 Å². The summed E-state index contributed by atoms with van der Waals surface area (Å²) in [5, 5.41) is 8.98. The molecule has 0 atom stereocenters. The van der Waals surface area contributed by atoms with Crippen LogP contribution in [0.3, 0.4) is 0 Å². The van der Waals surface area contributed by atoms with Gasteiger partial charge in [0, 0.05) is 11.8 Å². The van der Waals surface area contributed by atoms with E-state index in [-0.39, 0.29) is 22.5 Å². The molecule has 0 amide bonds. The van der Waals surface area contributed by atoms with E-state index in [1.807, 2.05) is 6.07 Å². The number of oxazole rings is 1. The Balaban J connectivity index is 2.26. The van der Waals surface area contributed by atoms with Crippen molar-refractivity contribution in [2.75, 3.05) is 6.26 Å². The normalized spacial score (nSPS) is 11.3. The predicted octanol–water partition coefficient (Wildman–Crippen LogP) is 2.65. The van der Waals surface area contributed by atoms with Crippen LogP contribution in [-0.2, 0) is 9.84 Å². The highest BCUT2D eigenvalue weighted by Crippen LogP contribution is 2.29. The van der Waals surface area contributed by atoms with E-state index in [1.165, 1.54) is 24.3 Å². The van der Waals surface area contributed by atoms with Gasteiger partial charge in [0.15, 0.2) is 9.84 Å². The van der Waals surface area contributed by atoms with Crippen LogP contribution in [0, 0.1) is 23.0 Å². The van der Waals surface area contributed by atoms with Gasteiger partial charge in [-0.25, -0.2) is 26.6 Å². The molecule has 0 saturated heterocycles. The van der Waals surface area contributed by atoms with Gasteiger partial charge >= 0.3 is 5.76 Å². The molecule has 0 fully saturated rings. The molecule has 0 aliphatic carbocycles. The lowest BCUT2D eigenvalue weighted by Gasteiger charge is -2.09. The molecule has 0 radical (unpaired) electrons. The molecule has 0 N–H and O–H groups in total. The SMILES string of the molecule is CS(=O)(=O)c1cc(F)c(-c2coc(=O)n2-c2cccc(C#N)c2)cc1F. The van der Waals surface area contributed by atoms with Crippen molar-refractivity contribution in [1.82, 2.24) is 4.57 Å². The third-order valence-corrected chi connectivity index (χ3v) is 4.74. The monoisotopic (exact) mass is 376 g/mol. The Morgan fingerprint density at radius 1 is 1.15 bits per heavy atom. The maximum Gasteiger partial charge on any atom is 0.424 e. The van der Waals surface area contributed by atoms with Gasteiger partial charge in [-0.05, 0) is 30.3 Å². The van der Waals surface area contributed by atoms with E-state index in [4.69, 9.17) is 9.68 Å². The lowest BCUT2D eigenvalue weighted by atomic mass is 10.1. The first-order valence-electron chi connectivity index (χ1n) is 7.13. The summed E-state index contributed by atoms with van der Waals surface area (Å²) in [6, 6.07) is 9.02. The molecule has 0 aliphatic rings. The largest absolute Gasteiger partial charge is 0.424 e. The molecule has 26 heavy (non-hydrogen) atoms. The van der Waals surface area contributed by atoms with Gasteiger partial charge in [0.1, 0.15) is 22.8 Å². The van der Waals surface area contributed by atoms with E-state index < -0.39 is 32.1 Å². The van der Waals surface area contributed by atoms with Gasteiger partial charge in [-0.3, -0.25) is 0 Å². The van der Waals surface area contributed by atoms with E-state index in [1.54, 1.807) is 0 Å². The van der Waals surface area contributed by atoms with E-state index >= 15 is 0 Å². The zero-order valence-electron chi connectivity index (χ0n) is 13.2. The molecule has 6 nitrogen and oxygen atoms in total. The van der Waals surface area contributed by atoms with Crippen LogP contribution in [0.25, 0.3) is 16.9 Å². The van der Waals surface area contributed by atoms with Crippen LogP contribution in [0.5, 0.6) is 0 Å². The number of hydrogen-bond donors (Lipinski definition) is 0. The average Bonchev–Trinajstić information content (AvgIpc) is 2.97. The summed E-state index contributed by atoms with van der Waals surface area (Å²) >= 11 is 0. The maximum absolute atomic E-state index is 14.5. The van der Waals surface area contributed by atoms with Crippen molar-refractivity contribution in [3.63, 3.8) is 0 Å². The van der Waals surface area contributed by atoms with Crippen LogP contribution in [0.15, 0.2) is 56.8 Å². The fourth-order valence-corrected chi connectivity index (χ4v) is 3.19. The van der Waals surface area contributed by atoms with Crippen molar-refractivity contribution in [3.8, 4) is 23.0 Å². The van der Waals surface area contributed by atoms with Crippen LogP contribution in [0.4, 0.5) is 8.78 Å². The second kappa shape index (κ2) is 6.24. The number of nitrogens with zero attached hydrogens (tertiary/aromatic N) is 2. The van der Waals surface area contributed by atoms with Crippen LogP contribution in [0.2, 0.25) is 0 Å². The summed E-state index contributed by atoms with van der Waals surface area (Å²) in [6.45, 7) is 0. The number of rotatable bonds is 3. The zero-order valence-corrected chi connectivity index (χ0v) is 14.0. The average molecular weight is 376 g/mol.